The minimum atomic E-state index is -0.758. The van der Waals surface area contributed by atoms with E-state index >= 15 is 0 Å². The predicted octanol–water partition coefficient (Wildman–Crippen LogP) is 17.1. The Balaban J connectivity index is 4.03. The van der Waals surface area contributed by atoms with Crippen LogP contribution in [0.2, 0.25) is 0 Å². The maximum absolute atomic E-state index is 12.6. The molecule has 1 atom stereocenters. The van der Waals surface area contributed by atoms with Crippen molar-refractivity contribution < 1.29 is 28.6 Å². The second-order valence-electron chi connectivity index (χ2n) is 18.6. The Labute approximate surface area is 368 Å². The molecule has 0 aliphatic carbocycles. The molecule has 0 fully saturated rings. The summed E-state index contributed by atoms with van der Waals surface area (Å²) in [4.78, 5) is 37.7. The van der Waals surface area contributed by atoms with E-state index in [9.17, 15) is 14.4 Å². The average Bonchev–Trinajstić information content (AvgIpc) is 3.22. The zero-order valence-corrected chi connectivity index (χ0v) is 40.2. The average molecular weight is 835 g/mol. The van der Waals surface area contributed by atoms with E-state index in [1.54, 1.807) is 0 Å². The van der Waals surface area contributed by atoms with Crippen LogP contribution >= 0.6 is 0 Å². The Morgan fingerprint density at radius 3 is 0.831 bits per heavy atom. The van der Waals surface area contributed by atoms with Crippen LogP contribution in [0.25, 0.3) is 0 Å². The van der Waals surface area contributed by atoms with Gasteiger partial charge in [0, 0.05) is 19.3 Å². The van der Waals surface area contributed by atoms with Gasteiger partial charge in [-0.05, 0) is 25.2 Å². The summed E-state index contributed by atoms with van der Waals surface area (Å²) in [7, 11) is 0. The fourth-order valence-electron chi connectivity index (χ4n) is 8.04. The van der Waals surface area contributed by atoms with E-state index in [1.165, 1.54) is 186 Å². The van der Waals surface area contributed by atoms with Gasteiger partial charge in [-0.2, -0.15) is 0 Å². The first-order valence-electron chi connectivity index (χ1n) is 26.4. The second kappa shape index (κ2) is 47.5. The lowest BCUT2D eigenvalue weighted by Gasteiger charge is -2.18. The number of unbranched alkanes of at least 4 members (excludes halogenated alkanes) is 35. The van der Waals surface area contributed by atoms with Gasteiger partial charge in [0.05, 0.1) is 0 Å². The molecule has 59 heavy (non-hydrogen) atoms. The molecule has 0 aromatic heterocycles. The molecule has 0 N–H and O–H groups in total. The first-order valence-corrected chi connectivity index (χ1v) is 26.4. The zero-order valence-electron chi connectivity index (χ0n) is 40.2. The minimum absolute atomic E-state index is 0.0642. The third-order valence-electron chi connectivity index (χ3n) is 12.0. The molecular formula is C53H102O6. The molecular weight excluding hydrogens is 733 g/mol. The number of hydrogen-bond donors (Lipinski definition) is 0. The van der Waals surface area contributed by atoms with Crippen LogP contribution in [0.3, 0.4) is 0 Å². The van der Waals surface area contributed by atoms with Gasteiger partial charge in [0.2, 0.25) is 0 Å². The highest BCUT2D eigenvalue weighted by atomic mass is 16.6. The van der Waals surface area contributed by atoms with Crippen molar-refractivity contribution in [1.82, 2.24) is 0 Å². The number of carbonyl (C=O) groups excluding carboxylic acids is 3. The SMILES string of the molecule is CCCCCCCCCCCCCCCCCCCCC(=O)OC[C@H](COC(=O)CCCCCCCCCCCCCCCCCC(C)C)OC(=O)CCCCCCC. The quantitative estimate of drug-likeness (QED) is 0.0345. The topological polar surface area (TPSA) is 78.9 Å². The van der Waals surface area contributed by atoms with Crippen LogP contribution in [0.4, 0.5) is 0 Å². The first-order chi connectivity index (χ1) is 28.9. The summed E-state index contributed by atoms with van der Waals surface area (Å²) in [6.07, 6.45) is 49.9. The van der Waals surface area contributed by atoms with Gasteiger partial charge in [-0.1, -0.05) is 259 Å². The number of esters is 3. The summed E-state index contributed by atoms with van der Waals surface area (Å²) in [5.74, 6) is -0.00960. The maximum Gasteiger partial charge on any atom is 0.306 e. The number of rotatable bonds is 48. The Bertz CT molecular complexity index is 887. The van der Waals surface area contributed by atoms with E-state index in [4.69, 9.17) is 14.2 Å². The summed E-state index contributed by atoms with van der Waals surface area (Å²) in [5, 5.41) is 0. The predicted molar refractivity (Wildman–Crippen MR) is 252 cm³/mol. The van der Waals surface area contributed by atoms with Crippen molar-refractivity contribution in [2.24, 2.45) is 5.92 Å². The van der Waals surface area contributed by atoms with Crippen molar-refractivity contribution in [1.29, 1.82) is 0 Å². The molecule has 0 aliphatic heterocycles. The molecule has 0 radical (unpaired) electrons. The van der Waals surface area contributed by atoms with Crippen LogP contribution < -0.4 is 0 Å². The largest absolute Gasteiger partial charge is 0.462 e. The van der Waals surface area contributed by atoms with Gasteiger partial charge >= 0.3 is 17.9 Å². The van der Waals surface area contributed by atoms with Gasteiger partial charge in [-0.3, -0.25) is 14.4 Å². The monoisotopic (exact) mass is 835 g/mol. The molecule has 6 nitrogen and oxygen atoms in total. The first kappa shape index (κ1) is 57.4. The van der Waals surface area contributed by atoms with E-state index in [-0.39, 0.29) is 31.1 Å². The summed E-state index contributed by atoms with van der Waals surface area (Å²) in [6, 6.07) is 0. The molecule has 350 valence electrons. The van der Waals surface area contributed by atoms with Crippen LogP contribution in [0.5, 0.6) is 0 Å². The van der Waals surface area contributed by atoms with Crippen LogP contribution in [-0.4, -0.2) is 37.2 Å². The highest BCUT2D eigenvalue weighted by Gasteiger charge is 2.19. The molecule has 0 aromatic rings. The van der Waals surface area contributed by atoms with Crippen molar-refractivity contribution in [3.05, 3.63) is 0 Å². The fraction of sp³-hybridized carbons (Fsp3) is 0.943. The van der Waals surface area contributed by atoms with Gasteiger partial charge in [0.1, 0.15) is 13.2 Å². The molecule has 6 heteroatoms. The van der Waals surface area contributed by atoms with Crippen LogP contribution in [0.1, 0.15) is 297 Å². The fourth-order valence-corrected chi connectivity index (χ4v) is 8.04. The van der Waals surface area contributed by atoms with E-state index in [2.05, 4.69) is 27.7 Å². The van der Waals surface area contributed by atoms with Crippen LogP contribution in [0, 0.1) is 5.92 Å². The maximum atomic E-state index is 12.6. The third kappa shape index (κ3) is 47.3. The molecule has 0 aliphatic rings. The summed E-state index contributed by atoms with van der Waals surface area (Å²) in [5.41, 5.74) is 0. The van der Waals surface area contributed by atoms with Crippen molar-refractivity contribution in [2.45, 2.75) is 303 Å². The number of hydrogen-bond acceptors (Lipinski definition) is 6. The molecule has 0 saturated carbocycles. The summed E-state index contributed by atoms with van der Waals surface area (Å²) >= 11 is 0. The van der Waals surface area contributed by atoms with Crippen LogP contribution in [-0.2, 0) is 28.6 Å². The van der Waals surface area contributed by atoms with Crippen LogP contribution in [0.15, 0.2) is 0 Å². The van der Waals surface area contributed by atoms with Gasteiger partial charge < -0.3 is 14.2 Å². The van der Waals surface area contributed by atoms with Gasteiger partial charge in [0.15, 0.2) is 6.10 Å². The lowest BCUT2D eigenvalue weighted by atomic mass is 10.0. The second-order valence-corrected chi connectivity index (χ2v) is 18.6. The van der Waals surface area contributed by atoms with Crippen molar-refractivity contribution in [2.75, 3.05) is 13.2 Å². The molecule has 0 spiro atoms. The van der Waals surface area contributed by atoms with Gasteiger partial charge in [0.25, 0.3) is 0 Å². The highest BCUT2D eigenvalue weighted by Crippen LogP contribution is 2.17. The van der Waals surface area contributed by atoms with E-state index in [0.29, 0.717) is 19.3 Å². The standard InChI is InChI=1S/C53H102O6/c1-5-7-9-11-12-13-14-15-16-17-18-21-24-27-30-33-37-40-44-51(54)57-47-50(59-53(56)46-42-35-10-8-6-2)48-58-52(55)45-41-38-34-31-28-25-22-19-20-23-26-29-32-36-39-43-49(3)4/h49-50H,5-48H2,1-4H3/t50-/m1/s1. The van der Waals surface area contributed by atoms with Crippen molar-refractivity contribution >= 4 is 17.9 Å². The minimum Gasteiger partial charge on any atom is -0.462 e. The molecule has 0 unspecified atom stereocenters. The number of ether oxygens (including phenoxy) is 3. The summed E-state index contributed by atoms with van der Waals surface area (Å²) < 4.78 is 16.7. The van der Waals surface area contributed by atoms with Crippen molar-refractivity contribution in [3.63, 3.8) is 0 Å². The van der Waals surface area contributed by atoms with E-state index in [1.807, 2.05) is 0 Å². The molecule has 0 amide bonds. The zero-order chi connectivity index (χ0) is 43.1. The van der Waals surface area contributed by atoms with E-state index in [0.717, 1.165) is 70.1 Å². The molecule has 0 aromatic carbocycles. The Hall–Kier alpha value is -1.59. The Morgan fingerprint density at radius 2 is 0.559 bits per heavy atom. The number of carbonyl (C=O) groups is 3. The Morgan fingerprint density at radius 1 is 0.322 bits per heavy atom. The lowest BCUT2D eigenvalue weighted by Crippen LogP contribution is -2.30. The third-order valence-corrected chi connectivity index (χ3v) is 12.0. The van der Waals surface area contributed by atoms with Gasteiger partial charge in [-0.15, -0.1) is 0 Å². The van der Waals surface area contributed by atoms with Gasteiger partial charge in [-0.25, -0.2) is 0 Å². The molecule has 0 rings (SSSR count). The van der Waals surface area contributed by atoms with E-state index < -0.39 is 6.10 Å². The van der Waals surface area contributed by atoms with Crippen molar-refractivity contribution in [3.8, 4) is 0 Å². The smallest absolute Gasteiger partial charge is 0.306 e. The molecule has 0 bridgehead atoms. The lowest BCUT2D eigenvalue weighted by molar-refractivity contribution is -0.167. The molecule has 0 heterocycles. The normalized spacial score (nSPS) is 11.9. The molecule has 0 saturated heterocycles. The Kier molecular flexibility index (Phi) is 46.2. The highest BCUT2D eigenvalue weighted by molar-refractivity contribution is 5.71. The summed E-state index contributed by atoms with van der Waals surface area (Å²) in [6.45, 7) is 8.97.